The molecular formula is C14H18N2O3S. The molecule has 2 aromatic rings. The average molecular weight is 294 g/mol. The number of rotatable bonds is 4. The number of aryl methyl sites for hydroxylation is 3. The van der Waals surface area contributed by atoms with E-state index in [1.165, 1.54) is 12.3 Å². The topological polar surface area (TPSA) is 71.3 Å². The third-order valence-electron chi connectivity index (χ3n) is 3.31. The minimum Gasteiger partial charge on any atom is -0.390 e. The number of hydrogen-bond donors (Lipinski definition) is 2. The Kier molecular flexibility index (Phi) is 3.87. The third-order valence-corrected chi connectivity index (χ3v) is 4.66. The van der Waals surface area contributed by atoms with E-state index in [-0.39, 0.29) is 11.5 Å². The van der Waals surface area contributed by atoms with E-state index in [9.17, 15) is 8.42 Å². The van der Waals surface area contributed by atoms with Crippen molar-refractivity contribution in [1.29, 1.82) is 0 Å². The number of aliphatic hydroxyl groups is 1. The average Bonchev–Trinajstić information content (AvgIpc) is 2.76. The number of sulfonamides is 1. The molecule has 1 aromatic heterocycles. The van der Waals surface area contributed by atoms with Gasteiger partial charge in [0.25, 0.3) is 10.0 Å². The van der Waals surface area contributed by atoms with E-state index in [1.54, 1.807) is 23.7 Å². The molecule has 0 atom stereocenters. The molecule has 0 saturated heterocycles. The molecule has 0 spiro atoms. The number of benzene rings is 1. The van der Waals surface area contributed by atoms with Crippen molar-refractivity contribution in [2.45, 2.75) is 25.3 Å². The number of nitrogens with zero attached hydrogens (tertiary/aromatic N) is 1. The van der Waals surface area contributed by atoms with Crippen LogP contribution in [0.15, 0.2) is 35.4 Å². The van der Waals surface area contributed by atoms with Gasteiger partial charge in [0.1, 0.15) is 4.90 Å². The maximum Gasteiger partial charge on any atom is 0.263 e. The first-order valence-electron chi connectivity index (χ1n) is 6.19. The van der Waals surface area contributed by atoms with Crippen molar-refractivity contribution in [1.82, 2.24) is 4.57 Å². The summed E-state index contributed by atoms with van der Waals surface area (Å²) in [6, 6.07) is 6.86. The summed E-state index contributed by atoms with van der Waals surface area (Å²) in [7, 11) is -1.94. The smallest absolute Gasteiger partial charge is 0.263 e. The molecule has 6 heteroatoms. The molecular weight excluding hydrogens is 276 g/mol. The molecule has 0 radical (unpaired) electrons. The van der Waals surface area contributed by atoms with Crippen LogP contribution in [0.2, 0.25) is 0 Å². The summed E-state index contributed by atoms with van der Waals surface area (Å²) in [4.78, 5) is 0.141. The lowest BCUT2D eigenvalue weighted by Gasteiger charge is -2.08. The standard InChI is InChI=1S/C14H18N2O3S/c1-10-4-5-12(6-11(10)2)15-20(18,19)14-7-13(9-17)16(3)8-14/h4-8,15,17H,9H2,1-3H3. The molecule has 1 heterocycles. The van der Waals surface area contributed by atoms with Crippen LogP contribution in [0.5, 0.6) is 0 Å². The number of aliphatic hydroxyl groups excluding tert-OH is 1. The Bertz CT molecular complexity index is 733. The SMILES string of the molecule is Cc1ccc(NS(=O)(=O)c2cc(CO)n(C)c2)cc1C. The van der Waals surface area contributed by atoms with E-state index in [0.29, 0.717) is 11.4 Å². The molecule has 5 nitrogen and oxygen atoms in total. The summed E-state index contributed by atoms with van der Waals surface area (Å²) < 4.78 is 28.7. The van der Waals surface area contributed by atoms with Gasteiger partial charge in [-0.25, -0.2) is 8.42 Å². The van der Waals surface area contributed by atoms with Crippen LogP contribution in [0.4, 0.5) is 5.69 Å². The quantitative estimate of drug-likeness (QED) is 0.905. The highest BCUT2D eigenvalue weighted by Gasteiger charge is 2.17. The van der Waals surface area contributed by atoms with Gasteiger partial charge in [-0.3, -0.25) is 4.72 Å². The molecule has 0 amide bonds. The Hall–Kier alpha value is -1.79. The van der Waals surface area contributed by atoms with Gasteiger partial charge < -0.3 is 9.67 Å². The summed E-state index contributed by atoms with van der Waals surface area (Å²) in [6.45, 7) is 3.70. The molecule has 108 valence electrons. The molecule has 0 aliphatic heterocycles. The van der Waals surface area contributed by atoms with Crippen molar-refractivity contribution < 1.29 is 13.5 Å². The molecule has 2 N–H and O–H groups in total. The summed E-state index contributed by atoms with van der Waals surface area (Å²) >= 11 is 0. The molecule has 20 heavy (non-hydrogen) atoms. The lowest BCUT2D eigenvalue weighted by atomic mass is 10.1. The Morgan fingerprint density at radius 3 is 2.45 bits per heavy atom. The van der Waals surface area contributed by atoms with Gasteiger partial charge in [0, 0.05) is 24.6 Å². The van der Waals surface area contributed by atoms with E-state index in [1.807, 2.05) is 19.9 Å². The van der Waals surface area contributed by atoms with Crippen LogP contribution in [0.3, 0.4) is 0 Å². The van der Waals surface area contributed by atoms with Crippen LogP contribution in [0.25, 0.3) is 0 Å². The lowest BCUT2D eigenvalue weighted by molar-refractivity contribution is 0.272. The lowest BCUT2D eigenvalue weighted by Crippen LogP contribution is -2.12. The van der Waals surface area contributed by atoms with E-state index >= 15 is 0 Å². The highest BCUT2D eigenvalue weighted by molar-refractivity contribution is 7.92. The zero-order chi connectivity index (χ0) is 14.9. The van der Waals surface area contributed by atoms with Crippen LogP contribution >= 0.6 is 0 Å². The third kappa shape index (κ3) is 2.86. The van der Waals surface area contributed by atoms with Crippen molar-refractivity contribution in [2.24, 2.45) is 7.05 Å². The van der Waals surface area contributed by atoms with Gasteiger partial charge in [-0.05, 0) is 43.2 Å². The van der Waals surface area contributed by atoms with Crippen LogP contribution < -0.4 is 4.72 Å². The Morgan fingerprint density at radius 1 is 1.20 bits per heavy atom. The molecule has 0 saturated carbocycles. The Labute approximate surface area is 118 Å². The number of anilines is 1. The second-order valence-electron chi connectivity index (χ2n) is 4.84. The fraction of sp³-hybridized carbons (Fsp3) is 0.286. The van der Waals surface area contributed by atoms with Crippen LogP contribution in [-0.2, 0) is 23.7 Å². The van der Waals surface area contributed by atoms with Crippen molar-refractivity contribution in [2.75, 3.05) is 4.72 Å². The predicted octanol–water partition coefficient (Wildman–Crippen LogP) is 1.94. The predicted molar refractivity (Wildman–Crippen MR) is 78.1 cm³/mol. The largest absolute Gasteiger partial charge is 0.390 e. The maximum atomic E-state index is 12.3. The summed E-state index contributed by atoms with van der Waals surface area (Å²) in [5.74, 6) is 0. The van der Waals surface area contributed by atoms with Crippen molar-refractivity contribution in [3.05, 3.63) is 47.3 Å². The molecule has 0 bridgehead atoms. The van der Waals surface area contributed by atoms with E-state index in [4.69, 9.17) is 5.11 Å². The fourth-order valence-corrected chi connectivity index (χ4v) is 3.04. The zero-order valence-corrected chi connectivity index (χ0v) is 12.5. The van der Waals surface area contributed by atoms with Crippen molar-refractivity contribution >= 4 is 15.7 Å². The summed E-state index contributed by atoms with van der Waals surface area (Å²) in [5, 5.41) is 9.12. The minimum atomic E-state index is -3.64. The summed E-state index contributed by atoms with van der Waals surface area (Å²) in [6.07, 6.45) is 1.48. The van der Waals surface area contributed by atoms with Crippen molar-refractivity contribution in [3.63, 3.8) is 0 Å². The second-order valence-corrected chi connectivity index (χ2v) is 6.52. The van der Waals surface area contributed by atoms with Gasteiger partial charge in [-0.2, -0.15) is 0 Å². The molecule has 0 fully saturated rings. The molecule has 1 aromatic carbocycles. The van der Waals surface area contributed by atoms with Gasteiger partial charge in [0.15, 0.2) is 0 Å². The summed E-state index contributed by atoms with van der Waals surface area (Å²) in [5.41, 5.74) is 3.21. The van der Waals surface area contributed by atoms with E-state index in [0.717, 1.165) is 11.1 Å². The zero-order valence-electron chi connectivity index (χ0n) is 11.7. The monoisotopic (exact) mass is 294 g/mol. The number of aromatic nitrogens is 1. The molecule has 0 aliphatic rings. The van der Waals surface area contributed by atoms with Gasteiger partial charge in [0.05, 0.1) is 6.61 Å². The number of hydrogen-bond acceptors (Lipinski definition) is 3. The van der Waals surface area contributed by atoms with Crippen LogP contribution in [0, 0.1) is 13.8 Å². The second kappa shape index (κ2) is 5.30. The fourth-order valence-electron chi connectivity index (χ4n) is 1.90. The molecule has 0 aliphatic carbocycles. The highest BCUT2D eigenvalue weighted by atomic mass is 32.2. The highest BCUT2D eigenvalue weighted by Crippen LogP contribution is 2.20. The molecule has 0 unspecified atom stereocenters. The van der Waals surface area contributed by atoms with Gasteiger partial charge in [0.2, 0.25) is 0 Å². The van der Waals surface area contributed by atoms with Gasteiger partial charge in [-0.1, -0.05) is 6.07 Å². The van der Waals surface area contributed by atoms with Gasteiger partial charge in [-0.15, -0.1) is 0 Å². The van der Waals surface area contributed by atoms with E-state index < -0.39 is 10.0 Å². The van der Waals surface area contributed by atoms with Crippen LogP contribution in [0.1, 0.15) is 16.8 Å². The van der Waals surface area contributed by atoms with Crippen LogP contribution in [-0.4, -0.2) is 18.1 Å². The van der Waals surface area contributed by atoms with Gasteiger partial charge >= 0.3 is 0 Å². The first-order valence-corrected chi connectivity index (χ1v) is 7.68. The first kappa shape index (κ1) is 14.6. The molecule has 2 rings (SSSR count). The minimum absolute atomic E-state index is 0.141. The Morgan fingerprint density at radius 2 is 1.90 bits per heavy atom. The Balaban J connectivity index is 2.32. The first-order chi connectivity index (χ1) is 9.33. The van der Waals surface area contributed by atoms with E-state index in [2.05, 4.69) is 4.72 Å². The number of nitrogens with one attached hydrogen (secondary N) is 1. The normalized spacial score (nSPS) is 11.6. The maximum absolute atomic E-state index is 12.3. The van der Waals surface area contributed by atoms with Crippen molar-refractivity contribution in [3.8, 4) is 0 Å².